The first kappa shape index (κ1) is 24.9. The molecule has 0 unspecified atom stereocenters. The lowest BCUT2D eigenvalue weighted by Crippen LogP contribution is -2.39. The van der Waals surface area contributed by atoms with Crippen molar-refractivity contribution in [2.45, 2.75) is 13.0 Å². The fraction of sp³-hybridized carbons (Fsp3) is 0.160. The van der Waals surface area contributed by atoms with Crippen LogP contribution in [-0.2, 0) is 32.1 Å². The van der Waals surface area contributed by atoms with Gasteiger partial charge in [0.15, 0.2) is 0 Å². The van der Waals surface area contributed by atoms with Gasteiger partial charge in [0.25, 0.3) is 5.69 Å². The molecule has 0 saturated carbocycles. The van der Waals surface area contributed by atoms with Crippen LogP contribution >= 0.6 is 0 Å². The molecule has 3 aromatic carbocycles. The number of ether oxygens (including phenoxy) is 2. The second-order valence-corrected chi connectivity index (χ2v) is 7.38. The monoisotopic (exact) mass is 477 g/mol. The summed E-state index contributed by atoms with van der Waals surface area (Å²) in [5.74, 6) is -0.572. The maximum Gasteiger partial charge on any atom is 0.325 e. The fourth-order valence-corrected chi connectivity index (χ4v) is 2.94. The van der Waals surface area contributed by atoms with Gasteiger partial charge in [0.05, 0.1) is 17.9 Å². The summed E-state index contributed by atoms with van der Waals surface area (Å²) in [5, 5.41) is 15.6. The zero-order valence-electron chi connectivity index (χ0n) is 18.6. The van der Waals surface area contributed by atoms with E-state index in [1.165, 1.54) is 24.3 Å². The largest absolute Gasteiger partial charge is 0.460 e. The maximum absolute atomic E-state index is 12.0. The van der Waals surface area contributed by atoms with Gasteiger partial charge in [-0.1, -0.05) is 42.5 Å². The molecule has 0 spiro atoms. The standard InChI is InChI=1S/C25H23N3O7/c29-23(14-18-5-2-1-3-6-18)26-15-24(30)27-16-25(31)34-17-19-7-4-8-22(13-19)35-21-11-9-20(10-12-21)28(32)33/h1-13H,14-17H2,(H,26,29)(H,27,30). The van der Waals surface area contributed by atoms with Gasteiger partial charge < -0.3 is 20.1 Å². The highest BCUT2D eigenvalue weighted by atomic mass is 16.6. The average molecular weight is 477 g/mol. The second kappa shape index (κ2) is 12.5. The molecule has 3 aromatic rings. The van der Waals surface area contributed by atoms with E-state index in [-0.39, 0.29) is 37.7 Å². The Balaban J connectivity index is 1.37. The molecule has 0 aliphatic rings. The van der Waals surface area contributed by atoms with E-state index in [9.17, 15) is 24.5 Å². The molecule has 2 N–H and O–H groups in total. The van der Waals surface area contributed by atoms with Crippen molar-refractivity contribution >= 4 is 23.5 Å². The number of nitro groups is 1. The van der Waals surface area contributed by atoms with Crippen LogP contribution < -0.4 is 15.4 Å². The maximum atomic E-state index is 12.0. The number of nitrogens with zero attached hydrogens (tertiary/aromatic N) is 1. The minimum Gasteiger partial charge on any atom is -0.460 e. The molecular formula is C25H23N3O7. The van der Waals surface area contributed by atoms with Crippen LogP contribution in [0.3, 0.4) is 0 Å². The van der Waals surface area contributed by atoms with E-state index in [2.05, 4.69) is 10.6 Å². The number of benzene rings is 3. The highest BCUT2D eigenvalue weighted by Gasteiger charge is 2.10. The Labute approximate surface area is 201 Å². The number of non-ortho nitro benzene ring substituents is 1. The van der Waals surface area contributed by atoms with Gasteiger partial charge in [0, 0.05) is 12.1 Å². The molecule has 3 rings (SSSR count). The highest BCUT2D eigenvalue weighted by Crippen LogP contribution is 2.24. The van der Waals surface area contributed by atoms with Gasteiger partial charge in [-0.05, 0) is 35.4 Å². The van der Waals surface area contributed by atoms with Gasteiger partial charge in [0.2, 0.25) is 11.8 Å². The molecule has 10 nitrogen and oxygen atoms in total. The molecule has 0 bridgehead atoms. The van der Waals surface area contributed by atoms with Crippen LogP contribution in [-0.4, -0.2) is 35.8 Å². The van der Waals surface area contributed by atoms with Crippen LogP contribution in [0, 0.1) is 10.1 Å². The summed E-state index contributed by atoms with van der Waals surface area (Å²) in [6.07, 6.45) is 0.156. The lowest BCUT2D eigenvalue weighted by molar-refractivity contribution is -0.384. The molecule has 0 atom stereocenters. The molecule has 0 heterocycles. The smallest absolute Gasteiger partial charge is 0.325 e. The SMILES string of the molecule is O=C(CNC(=O)Cc1ccccc1)NCC(=O)OCc1cccc(Oc2ccc([N+](=O)[O-])cc2)c1. The van der Waals surface area contributed by atoms with Crippen LogP contribution in [0.15, 0.2) is 78.9 Å². The predicted octanol–water partition coefficient (Wildman–Crippen LogP) is 2.91. The predicted molar refractivity (Wildman–Crippen MR) is 126 cm³/mol. The molecule has 0 aromatic heterocycles. The van der Waals surface area contributed by atoms with Gasteiger partial charge in [-0.2, -0.15) is 0 Å². The minimum absolute atomic E-state index is 0.0417. The van der Waals surface area contributed by atoms with E-state index >= 15 is 0 Å². The van der Waals surface area contributed by atoms with Crippen LogP contribution in [0.5, 0.6) is 11.5 Å². The topological polar surface area (TPSA) is 137 Å². The third-order valence-electron chi connectivity index (χ3n) is 4.67. The number of nitro benzene ring substituents is 1. The summed E-state index contributed by atoms with van der Waals surface area (Å²) in [4.78, 5) is 45.9. The molecule has 180 valence electrons. The molecule has 0 fully saturated rings. The Hall–Kier alpha value is -4.73. The number of rotatable bonds is 11. The number of nitrogens with one attached hydrogen (secondary N) is 2. The Bertz CT molecular complexity index is 1180. The first-order valence-corrected chi connectivity index (χ1v) is 10.6. The van der Waals surface area contributed by atoms with Crippen LogP contribution in [0.1, 0.15) is 11.1 Å². The number of hydrogen-bond donors (Lipinski definition) is 2. The zero-order chi connectivity index (χ0) is 25.0. The Morgan fingerprint density at radius 3 is 2.17 bits per heavy atom. The summed E-state index contributed by atoms with van der Waals surface area (Å²) in [6, 6.07) is 21.6. The van der Waals surface area contributed by atoms with Crippen molar-refractivity contribution in [3.05, 3.63) is 100 Å². The van der Waals surface area contributed by atoms with E-state index in [1.807, 2.05) is 30.3 Å². The van der Waals surface area contributed by atoms with E-state index < -0.39 is 16.8 Å². The van der Waals surface area contributed by atoms with Crippen molar-refractivity contribution in [1.82, 2.24) is 10.6 Å². The quantitative estimate of drug-likeness (QED) is 0.246. The Kier molecular flexibility index (Phi) is 8.89. The minimum atomic E-state index is -0.643. The van der Waals surface area contributed by atoms with E-state index in [0.717, 1.165) is 5.56 Å². The van der Waals surface area contributed by atoms with E-state index in [1.54, 1.807) is 24.3 Å². The molecule has 35 heavy (non-hydrogen) atoms. The normalized spacial score (nSPS) is 10.2. The Morgan fingerprint density at radius 1 is 0.771 bits per heavy atom. The molecule has 10 heteroatoms. The van der Waals surface area contributed by atoms with Gasteiger partial charge in [0.1, 0.15) is 24.7 Å². The van der Waals surface area contributed by atoms with Crippen LogP contribution in [0.4, 0.5) is 5.69 Å². The molecule has 0 aliphatic carbocycles. The summed E-state index contributed by atoms with van der Waals surface area (Å²) >= 11 is 0. The number of hydrogen-bond acceptors (Lipinski definition) is 7. The zero-order valence-corrected chi connectivity index (χ0v) is 18.6. The third kappa shape index (κ3) is 8.61. The lowest BCUT2D eigenvalue weighted by Gasteiger charge is -2.09. The van der Waals surface area contributed by atoms with Crippen LogP contribution in [0.25, 0.3) is 0 Å². The van der Waals surface area contributed by atoms with E-state index in [0.29, 0.717) is 17.1 Å². The number of esters is 1. The van der Waals surface area contributed by atoms with Gasteiger partial charge >= 0.3 is 5.97 Å². The fourth-order valence-electron chi connectivity index (χ4n) is 2.94. The van der Waals surface area contributed by atoms with Crippen molar-refractivity contribution in [3.8, 4) is 11.5 Å². The van der Waals surface area contributed by atoms with Crippen molar-refractivity contribution in [2.24, 2.45) is 0 Å². The number of carbonyl (C=O) groups is 3. The van der Waals surface area contributed by atoms with Gasteiger partial charge in [-0.25, -0.2) is 0 Å². The average Bonchev–Trinajstić information content (AvgIpc) is 2.86. The van der Waals surface area contributed by atoms with Crippen LogP contribution in [0.2, 0.25) is 0 Å². The summed E-state index contributed by atoms with van der Waals surface area (Å²) in [5.41, 5.74) is 1.44. The van der Waals surface area contributed by atoms with Crippen molar-refractivity contribution in [2.75, 3.05) is 13.1 Å². The molecule has 0 saturated heterocycles. The highest BCUT2D eigenvalue weighted by molar-refractivity contribution is 5.87. The summed E-state index contributed by atoms with van der Waals surface area (Å²) < 4.78 is 10.8. The van der Waals surface area contributed by atoms with E-state index in [4.69, 9.17) is 9.47 Å². The summed E-state index contributed by atoms with van der Waals surface area (Å²) in [6.45, 7) is -0.632. The number of amides is 2. The lowest BCUT2D eigenvalue weighted by atomic mass is 10.1. The van der Waals surface area contributed by atoms with Crippen molar-refractivity contribution in [3.63, 3.8) is 0 Å². The first-order valence-electron chi connectivity index (χ1n) is 10.6. The van der Waals surface area contributed by atoms with Gasteiger partial charge in [-0.3, -0.25) is 24.5 Å². The molecular weight excluding hydrogens is 454 g/mol. The number of carbonyl (C=O) groups excluding carboxylic acids is 3. The molecule has 2 amide bonds. The summed E-state index contributed by atoms with van der Waals surface area (Å²) in [7, 11) is 0. The van der Waals surface area contributed by atoms with Crippen molar-refractivity contribution < 1.29 is 28.8 Å². The van der Waals surface area contributed by atoms with Gasteiger partial charge in [-0.15, -0.1) is 0 Å². The molecule has 0 aliphatic heterocycles. The second-order valence-electron chi connectivity index (χ2n) is 7.38. The third-order valence-corrected chi connectivity index (χ3v) is 4.67. The Morgan fingerprint density at radius 2 is 1.46 bits per heavy atom. The van der Waals surface area contributed by atoms with Crippen molar-refractivity contribution in [1.29, 1.82) is 0 Å². The molecule has 0 radical (unpaired) electrons. The first-order chi connectivity index (χ1) is 16.9.